The van der Waals surface area contributed by atoms with Crippen LogP contribution in [-0.4, -0.2) is 30.4 Å². The van der Waals surface area contributed by atoms with Crippen molar-refractivity contribution in [2.45, 2.75) is 26.8 Å². The number of likely N-dealkylation sites (tertiary alicyclic amines) is 1. The summed E-state index contributed by atoms with van der Waals surface area (Å²) in [5.41, 5.74) is 1.10. The molecule has 3 heteroatoms. The van der Waals surface area contributed by atoms with E-state index in [4.69, 9.17) is 0 Å². The summed E-state index contributed by atoms with van der Waals surface area (Å²) in [6.07, 6.45) is 0.934. The lowest BCUT2D eigenvalue weighted by Crippen LogP contribution is -2.40. The highest BCUT2D eigenvalue weighted by atomic mass is 16.2. The number of nitrogens with one attached hydrogen (secondary N) is 1. The minimum Gasteiger partial charge on any atom is -0.356 e. The van der Waals surface area contributed by atoms with Crippen LogP contribution in [0.25, 0.3) is 10.8 Å². The smallest absolute Gasteiger partial charge is 0.227 e. The van der Waals surface area contributed by atoms with E-state index in [9.17, 15) is 4.79 Å². The largest absolute Gasteiger partial charge is 0.356 e. The van der Waals surface area contributed by atoms with Gasteiger partial charge in [0.1, 0.15) is 0 Å². The van der Waals surface area contributed by atoms with Crippen LogP contribution < -0.4 is 5.32 Å². The van der Waals surface area contributed by atoms with E-state index in [1.807, 2.05) is 6.92 Å². The molecule has 1 aliphatic rings. The molecule has 3 nitrogen and oxygen atoms in total. The minimum absolute atomic E-state index is 0.190. The molecule has 1 aliphatic heterocycles. The first-order chi connectivity index (χ1) is 10.6. The zero-order chi connectivity index (χ0) is 15.6. The van der Waals surface area contributed by atoms with Crippen molar-refractivity contribution in [2.75, 3.05) is 19.6 Å². The van der Waals surface area contributed by atoms with E-state index in [-0.39, 0.29) is 11.3 Å². The molecule has 0 radical (unpaired) electrons. The third kappa shape index (κ3) is 2.86. The summed E-state index contributed by atoms with van der Waals surface area (Å²) in [4.78, 5) is 14.6. The van der Waals surface area contributed by atoms with Crippen LogP contribution in [0.1, 0.15) is 25.8 Å². The number of carbonyl (C=O) groups excluding carboxylic acids is 1. The van der Waals surface area contributed by atoms with Gasteiger partial charge in [0.05, 0.1) is 5.41 Å². The molecule has 1 unspecified atom stereocenters. The second-order valence-corrected chi connectivity index (χ2v) is 6.52. The van der Waals surface area contributed by atoms with Crippen LogP contribution in [0.2, 0.25) is 0 Å². The van der Waals surface area contributed by atoms with Crippen molar-refractivity contribution in [3.05, 3.63) is 48.0 Å². The highest BCUT2D eigenvalue weighted by molar-refractivity contribution is 5.85. The Balaban J connectivity index is 1.76. The third-order valence-corrected chi connectivity index (χ3v) is 4.71. The Labute approximate surface area is 132 Å². The van der Waals surface area contributed by atoms with E-state index in [0.717, 1.165) is 26.1 Å². The SMILES string of the molecule is CCNC(=O)C1(C)CCN(Cc2cccc3ccccc23)C1. The summed E-state index contributed by atoms with van der Waals surface area (Å²) in [5, 5.41) is 5.58. The van der Waals surface area contributed by atoms with Crippen LogP contribution in [-0.2, 0) is 11.3 Å². The number of hydrogen-bond donors (Lipinski definition) is 1. The normalized spacial score (nSPS) is 22.1. The van der Waals surface area contributed by atoms with Gasteiger partial charge in [0, 0.05) is 19.6 Å². The van der Waals surface area contributed by atoms with Crippen molar-refractivity contribution >= 4 is 16.7 Å². The van der Waals surface area contributed by atoms with Gasteiger partial charge < -0.3 is 5.32 Å². The Morgan fingerprint density at radius 2 is 2.00 bits per heavy atom. The van der Waals surface area contributed by atoms with Gasteiger partial charge >= 0.3 is 0 Å². The van der Waals surface area contributed by atoms with Gasteiger partial charge in [-0.3, -0.25) is 9.69 Å². The van der Waals surface area contributed by atoms with Gasteiger partial charge in [-0.2, -0.15) is 0 Å². The van der Waals surface area contributed by atoms with Crippen LogP contribution in [0.4, 0.5) is 0 Å². The van der Waals surface area contributed by atoms with E-state index in [2.05, 4.69) is 59.6 Å². The second kappa shape index (κ2) is 6.09. The fourth-order valence-corrected chi connectivity index (χ4v) is 3.42. The summed E-state index contributed by atoms with van der Waals surface area (Å²) < 4.78 is 0. The van der Waals surface area contributed by atoms with E-state index >= 15 is 0 Å². The molecule has 1 N–H and O–H groups in total. The average Bonchev–Trinajstić information content (AvgIpc) is 2.91. The Morgan fingerprint density at radius 1 is 1.23 bits per heavy atom. The molecule has 1 amide bonds. The lowest BCUT2D eigenvalue weighted by molar-refractivity contribution is -0.129. The Kier molecular flexibility index (Phi) is 4.16. The highest BCUT2D eigenvalue weighted by Crippen LogP contribution is 2.32. The van der Waals surface area contributed by atoms with E-state index in [1.165, 1.54) is 16.3 Å². The molecule has 116 valence electrons. The predicted molar refractivity (Wildman–Crippen MR) is 90.6 cm³/mol. The molecule has 0 aliphatic carbocycles. The maximum Gasteiger partial charge on any atom is 0.227 e. The number of benzene rings is 2. The zero-order valence-corrected chi connectivity index (χ0v) is 13.4. The first kappa shape index (κ1) is 15.0. The van der Waals surface area contributed by atoms with Gasteiger partial charge in [0.2, 0.25) is 5.91 Å². The fourth-order valence-electron chi connectivity index (χ4n) is 3.42. The van der Waals surface area contributed by atoms with Crippen molar-refractivity contribution in [1.82, 2.24) is 10.2 Å². The second-order valence-electron chi connectivity index (χ2n) is 6.52. The van der Waals surface area contributed by atoms with Crippen LogP contribution in [0.5, 0.6) is 0 Å². The topological polar surface area (TPSA) is 32.3 Å². The highest BCUT2D eigenvalue weighted by Gasteiger charge is 2.39. The van der Waals surface area contributed by atoms with Gasteiger partial charge in [-0.25, -0.2) is 0 Å². The maximum absolute atomic E-state index is 12.2. The van der Waals surface area contributed by atoms with Crippen LogP contribution >= 0.6 is 0 Å². The van der Waals surface area contributed by atoms with Crippen molar-refractivity contribution in [3.63, 3.8) is 0 Å². The van der Waals surface area contributed by atoms with Gasteiger partial charge in [-0.1, -0.05) is 42.5 Å². The van der Waals surface area contributed by atoms with Crippen molar-refractivity contribution in [2.24, 2.45) is 5.41 Å². The molecule has 3 rings (SSSR count). The molecular formula is C19H24N2O. The molecule has 0 spiro atoms. The molecule has 2 aromatic rings. The van der Waals surface area contributed by atoms with Gasteiger partial charge in [-0.15, -0.1) is 0 Å². The van der Waals surface area contributed by atoms with Crippen molar-refractivity contribution in [3.8, 4) is 0 Å². The molecule has 1 saturated heterocycles. The minimum atomic E-state index is -0.249. The third-order valence-electron chi connectivity index (χ3n) is 4.71. The monoisotopic (exact) mass is 296 g/mol. The summed E-state index contributed by atoms with van der Waals surface area (Å²) in [6.45, 7) is 7.50. The lowest BCUT2D eigenvalue weighted by Gasteiger charge is -2.23. The number of fused-ring (bicyclic) bond motifs is 1. The van der Waals surface area contributed by atoms with Crippen LogP contribution in [0.3, 0.4) is 0 Å². The molecule has 1 atom stereocenters. The molecule has 0 bridgehead atoms. The Morgan fingerprint density at radius 3 is 2.82 bits per heavy atom. The van der Waals surface area contributed by atoms with Crippen LogP contribution in [0, 0.1) is 5.41 Å². The Bertz CT molecular complexity index is 677. The van der Waals surface area contributed by atoms with Crippen molar-refractivity contribution in [1.29, 1.82) is 0 Å². The summed E-state index contributed by atoms with van der Waals surface area (Å²) >= 11 is 0. The number of rotatable bonds is 4. The van der Waals surface area contributed by atoms with E-state index in [1.54, 1.807) is 0 Å². The fraction of sp³-hybridized carbons (Fsp3) is 0.421. The van der Waals surface area contributed by atoms with Gasteiger partial charge in [0.15, 0.2) is 0 Å². The number of carbonyl (C=O) groups is 1. The molecule has 0 aromatic heterocycles. The molecule has 0 saturated carbocycles. The van der Waals surface area contributed by atoms with E-state index < -0.39 is 0 Å². The first-order valence-corrected chi connectivity index (χ1v) is 8.10. The van der Waals surface area contributed by atoms with E-state index in [0.29, 0.717) is 6.54 Å². The maximum atomic E-state index is 12.2. The molecule has 22 heavy (non-hydrogen) atoms. The lowest BCUT2D eigenvalue weighted by atomic mass is 9.89. The molecule has 2 aromatic carbocycles. The first-order valence-electron chi connectivity index (χ1n) is 8.10. The number of hydrogen-bond acceptors (Lipinski definition) is 2. The average molecular weight is 296 g/mol. The van der Waals surface area contributed by atoms with Crippen LogP contribution in [0.15, 0.2) is 42.5 Å². The predicted octanol–water partition coefficient (Wildman–Crippen LogP) is 3.19. The van der Waals surface area contributed by atoms with Crippen molar-refractivity contribution < 1.29 is 4.79 Å². The molecule has 1 fully saturated rings. The standard InChI is InChI=1S/C19H24N2O/c1-3-20-18(22)19(2)11-12-21(14-19)13-16-9-6-8-15-7-4-5-10-17(15)16/h4-10H,3,11-14H2,1-2H3,(H,20,22). The number of nitrogens with zero attached hydrogens (tertiary/aromatic N) is 1. The number of amides is 1. The van der Waals surface area contributed by atoms with Gasteiger partial charge in [0.25, 0.3) is 0 Å². The zero-order valence-electron chi connectivity index (χ0n) is 13.4. The molecule has 1 heterocycles. The summed E-state index contributed by atoms with van der Waals surface area (Å²) in [7, 11) is 0. The Hall–Kier alpha value is -1.87. The van der Waals surface area contributed by atoms with Gasteiger partial charge in [-0.05, 0) is 43.1 Å². The summed E-state index contributed by atoms with van der Waals surface area (Å²) in [5.74, 6) is 0.190. The summed E-state index contributed by atoms with van der Waals surface area (Å²) in [6, 6.07) is 15.0. The molecular weight excluding hydrogens is 272 g/mol. The quantitative estimate of drug-likeness (QED) is 0.940.